The molecule has 0 spiro atoms. The van der Waals surface area contributed by atoms with Crippen LogP contribution >= 0.6 is 0 Å². The molecule has 2 heterocycles. The minimum absolute atomic E-state index is 1.18. The SMILES string of the molecule is c1ccc(-n2c3ccccc3c3c4c(ccc32)-c2c(-c3ccc5cc(-c6ccccc6-n6c7ccccc7c7ccc8c(c76)-c6cccc7cccc-8c67)ccc5c3)ccc3cccc-4c23)c(-c2ccc3ccccc3c2)c1. The van der Waals surface area contributed by atoms with Crippen molar-refractivity contribution in [3.05, 3.63) is 267 Å². The van der Waals surface area contributed by atoms with E-state index in [1.165, 1.54) is 176 Å². The molecule has 16 aromatic rings. The summed E-state index contributed by atoms with van der Waals surface area (Å²) in [4.78, 5) is 0. The van der Waals surface area contributed by atoms with Crippen LogP contribution in [0.25, 0.3) is 176 Å². The van der Waals surface area contributed by atoms with E-state index < -0.39 is 0 Å². The van der Waals surface area contributed by atoms with E-state index in [0.717, 1.165) is 0 Å². The average Bonchev–Trinajstić information content (AvgIpc) is 4.44. The number of fused-ring (bicyclic) bond motifs is 16. The largest absolute Gasteiger partial charge is 0.309 e. The van der Waals surface area contributed by atoms with Crippen LogP contribution in [-0.2, 0) is 0 Å². The lowest BCUT2D eigenvalue weighted by Crippen LogP contribution is -1.98. The van der Waals surface area contributed by atoms with Crippen LogP contribution in [-0.4, -0.2) is 9.13 Å². The zero-order valence-electron chi connectivity index (χ0n) is 42.3. The summed E-state index contributed by atoms with van der Waals surface area (Å²) in [6.45, 7) is 0. The first-order valence-corrected chi connectivity index (χ1v) is 27.2. The van der Waals surface area contributed by atoms with Crippen molar-refractivity contribution in [1.29, 1.82) is 0 Å². The molecule has 2 nitrogen and oxygen atoms in total. The average molecular weight is 985 g/mol. The first-order chi connectivity index (χ1) is 38.7. The minimum atomic E-state index is 1.18. The molecule has 0 fully saturated rings. The number of benzene rings is 14. The van der Waals surface area contributed by atoms with Gasteiger partial charge in [0.05, 0.1) is 33.4 Å². The highest BCUT2D eigenvalue weighted by Crippen LogP contribution is 2.56. The van der Waals surface area contributed by atoms with E-state index >= 15 is 0 Å². The molecule has 0 bridgehead atoms. The van der Waals surface area contributed by atoms with Gasteiger partial charge in [-0.2, -0.15) is 0 Å². The van der Waals surface area contributed by atoms with E-state index in [1.54, 1.807) is 0 Å². The summed E-state index contributed by atoms with van der Waals surface area (Å²) in [6, 6.07) is 100. The first kappa shape index (κ1) is 42.0. The molecule has 358 valence electrons. The highest BCUT2D eigenvalue weighted by atomic mass is 15.0. The fraction of sp³-hybridized carbons (Fsp3) is 0. The molecule has 14 aromatic carbocycles. The van der Waals surface area contributed by atoms with E-state index in [1.807, 2.05) is 0 Å². The summed E-state index contributed by atoms with van der Waals surface area (Å²) in [5.74, 6) is 0. The molecule has 2 aliphatic carbocycles. The smallest absolute Gasteiger partial charge is 0.0626 e. The molecule has 0 amide bonds. The normalized spacial score (nSPS) is 12.4. The maximum Gasteiger partial charge on any atom is 0.0626 e. The highest BCUT2D eigenvalue weighted by Gasteiger charge is 2.31. The fourth-order valence-corrected chi connectivity index (χ4v) is 14.3. The van der Waals surface area contributed by atoms with Gasteiger partial charge in [0.1, 0.15) is 0 Å². The number of para-hydroxylation sites is 4. The summed E-state index contributed by atoms with van der Waals surface area (Å²) < 4.78 is 5.05. The van der Waals surface area contributed by atoms with Gasteiger partial charge in [0.15, 0.2) is 0 Å². The Morgan fingerprint density at radius 2 is 0.679 bits per heavy atom. The lowest BCUT2D eigenvalue weighted by atomic mass is 9.91. The summed E-state index contributed by atoms with van der Waals surface area (Å²) in [5, 5.41) is 15.2. The van der Waals surface area contributed by atoms with Gasteiger partial charge < -0.3 is 9.13 Å². The quantitative estimate of drug-likeness (QED) is 0.163. The molecule has 0 saturated carbocycles. The van der Waals surface area contributed by atoms with E-state index in [4.69, 9.17) is 0 Å². The lowest BCUT2D eigenvalue weighted by Gasteiger charge is -2.17. The van der Waals surface area contributed by atoms with Gasteiger partial charge >= 0.3 is 0 Å². The Bertz CT molecular complexity index is 5330. The van der Waals surface area contributed by atoms with Crippen molar-refractivity contribution in [2.45, 2.75) is 0 Å². The maximum atomic E-state index is 2.54. The molecular formula is C76H44N2. The number of hydrogen-bond donors (Lipinski definition) is 0. The Morgan fingerprint density at radius 3 is 1.41 bits per heavy atom. The topological polar surface area (TPSA) is 9.86 Å². The summed E-state index contributed by atoms with van der Waals surface area (Å²) >= 11 is 0. The van der Waals surface area contributed by atoms with Gasteiger partial charge in [0, 0.05) is 43.8 Å². The third-order valence-electron chi connectivity index (χ3n) is 17.5. The van der Waals surface area contributed by atoms with Crippen molar-refractivity contribution in [2.75, 3.05) is 0 Å². The highest BCUT2D eigenvalue weighted by molar-refractivity contribution is 6.29. The van der Waals surface area contributed by atoms with Crippen LogP contribution in [0.3, 0.4) is 0 Å². The number of rotatable bonds is 5. The zero-order chi connectivity index (χ0) is 50.7. The van der Waals surface area contributed by atoms with Gasteiger partial charge in [-0.15, -0.1) is 0 Å². The molecule has 2 aliphatic rings. The molecule has 0 atom stereocenters. The predicted molar refractivity (Wildman–Crippen MR) is 330 cm³/mol. The van der Waals surface area contributed by atoms with Gasteiger partial charge in [-0.3, -0.25) is 0 Å². The minimum Gasteiger partial charge on any atom is -0.309 e. The number of nitrogens with zero attached hydrogens (tertiary/aromatic N) is 2. The van der Waals surface area contributed by atoms with Crippen LogP contribution in [0.2, 0.25) is 0 Å². The van der Waals surface area contributed by atoms with Gasteiger partial charge in [0.2, 0.25) is 0 Å². The first-order valence-electron chi connectivity index (χ1n) is 27.2. The molecule has 0 unspecified atom stereocenters. The van der Waals surface area contributed by atoms with Crippen LogP contribution in [0.4, 0.5) is 0 Å². The van der Waals surface area contributed by atoms with Crippen LogP contribution in [0.5, 0.6) is 0 Å². The number of hydrogen-bond acceptors (Lipinski definition) is 0. The van der Waals surface area contributed by atoms with Crippen LogP contribution in [0, 0.1) is 0 Å². The maximum absolute atomic E-state index is 2.54. The van der Waals surface area contributed by atoms with Crippen LogP contribution in [0.15, 0.2) is 267 Å². The Balaban J connectivity index is 0.781. The van der Waals surface area contributed by atoms with Crippen molar-refractivity contribution in [1.82, 2.24) is 9.13 Å². The predicted octanol–water partition coefficient (Wildman–Crippen LogP) is 20.8. The molecule has 78 heavy (non-hydrogen) atoms. The number of aromatic nitrogens is 2. The fourth-order valence-electron chi connectivity index (χ4n) is 14.3. The molecule has 0 saturated heterocycles. The van der Waals surface area contributed by atoms with Gasteiger partial charge in [0.25, 0.3) is 0 Å². The Kier molecular flexibility index (Phi) is 8.42. The second-order valence-electron chi connectivity index (χ2n) is 21.4. The van der Waals surface area contributed by atoms with Crippen molar-refractivity contribution >= 4 is 86.7 Å². The summed E-state index contributed by atoms with van der Waals surface area (Å²) in [6.07, 6.45) is 0. The zero-order valence-corrected chi connectivity index (χ0v) is 42.3. The van der Waals surface area contributed by atoms with Crippen molar-refractivity contribution < 1.29 is 0 Å². The van der Waals surface area contributed by atoms with Gasteiger partial charge in [-0.05, 0) is 147 Å². The van der Waals surface area contributed by atoms with E-state index in [-0.39, 0.29) is 0 Å². The Labute approximate surface area is 449 Å². The molecule has 0 aliphatic heterocycles. The Morgan fingerprint density at radius 1 is 0.205 bits per heavy atom. The van der Waals surface area contributed by atoms with Crippen molar-refractivity contribution in [3.63, 3.8) is 0 Å². The Hall–Kier alpha value is -10.3. The van der Waals surface area contributed by atoms with E-state index in [0.29, 0.717) is 0 Å². The van der Waals surface area contributed by atoms with Crippen molar-refractivity contribution in [3.8, 4) is 89.3 Å². The van der Waals surface area contributed by atoms with E-state index in [2.05, 4.69) is 276 Å². The molecule has 0 N–H and O–H groups in total. The molecule has 2 heteroatoms. The molecule has 0 radical (unpaired) electrons. The third kappa shape index (κ3) is 5.65. The molecular weight excluding hydrogens is 941 g/mol. The molecule has 18 rings (SSSR count). The van der Waals surface area contributed by atoms with Gasteiger partial charge in [-0.1, -0.05) is 218 Å². The monoisotopic (exact) mass is 984 g/mol. The van der Waals surface area contributed by atoms with Crippen LogP contribution < -0.4 is 0 Å². The third-order valence-corrected chi connectivity index (χ3v) is 17.5. The standard InChI is InChI=1S/C76H44N2/c1-2-15-48-42-51(33-30-45(48)14-1)54-19-3-7-26-65(54)77-68-29-10-6-22-61(68)75-69(77)41-40-64-72-56(37-36-47-18-13-25-63(71(47)72)73(64)75)53-35-32-49-43-52(34-31-50(49)44-53)55-20-4-8-27-66(55)78-67-28-9-5-21-57(67)60-39-38-59-58-23-11-16-46-17-12-24-62(70(46)58)74(59)76(60)78/h1-44H. The van der Waals surface area contributed by atoms with Crippen molar-refractivity contribution in [2.24, 2.45) is 0 Å². The summed E-state index contributed by atoms with van der Waals surface area (Å²) in [5.41, 5.74) is 25.0. The van der Waals surface area contributed by atoms with Gasteiger partial charge in [-0.25, -0.2) is 0 Å². The summed E-state index contributed by atoms with van der Waals surface area (Å²) in [7, 11) is 0. The van der Waals surface area contributed by atoms with Crippen LogP contribution in [0.1, 0.15) is 0 Å². The second kappa shape index (κ2) is 15.6. The van der Waals surface area contributed by atoms with E-state index in [9.17, 15) is 0 Å². The second-order valence-corrected chi connectivity index (χ2v) is 21.4. The lowest BCUT2D eigenvalue weighted by molar-refractivity contribution is 1.18. The molecule has 2 aromatic heterocycles.